The first kappa shape index (κ1) is 28.1. The van der Waals surface area contributed by atoms with E-state index in [9.17, 15) is 15.0 Å². The van der Waals surface area contributed by atoms with E-state index in [0.717, 1.165) is 36.7 Å². The molecular formula is C24H46O5. The van der Waals surface area contributed by atoms with E-state index < -0.39 is 24.8 Å². The van der Waals surface area contributed by atoms with Gasteiger partial charge in [-0.25, -0.2) is 4.79 Å². The average Bonchev–Trinajstić information content (AvgIpc) is 2.65. The lowest BCUT2D eigenvalue weighted by atomic mass is 9.91. The van der Waals surface area contributed by atoms with Crippen LogP contribution in [0.25, 0.3) is 0 Å². The Bertz CT molecular complexity index is 447. The van der Waals surface area contributed by atoms with Gasteiger partial charge in [0.05, 0.1) is 6.61 Å². The molecule has 2 unspecified atom stereocenters. The van der Waals surface area contributed by atoms with Crippen LogP contribution in [0.15, 0.2) is 11.6 Å². The smallest absolute Gasteiger partial charge is 0.330 e. The molecule has 0 aromatic heterocycles. The van der Waals surface area contributed by atoms with Crippen LogP contribution >= 0.6 is 0 Å². The molecule has 172 valence electrons. The van der Waals surface area contributed by atoms with Gasteiger partial charge in [-0.2, -0.15) is 0 Å². The van der Waals surface area contributed by atoms with E-state index in [1.54, 1.807) is 0 Å². The van der Waals surface area contributed by atoms with Gasteiger partial charge >= 0.3 is 5.97 Å². The van der Waals surface area contributed by atoms with Crippen LogP contribution in [0.4, 0.5) is 0 Å². The highest BCUT2D eigenvalue weighted by atomic mass is 16.5. The number of hydrogen-bond donors (Lipinski definition) is 3. The number of ether oxygens (including phenoxy) is 1. The molecule has 4 atom stereocenters. The lowest BCUT2D eigenvalue weighted by Crippen LogP contribution is -2.33. The molecule has 0 aliphatic carbocycles. The molecule has 5 nitrogen and oxygen atoms in total. The summed E-state index contributed by atoms with van der Waals surface area (Å²) in [6.45, 7) is 10.3. The van der Waals surface area contributed by atoms with Crippen LogP contribution in [0.1, 0.15) is 92.4 Å². The van der Waals surface area contributed by atoms with Gasteiger partial charge in [0.1, 0.15) is 18.8 Å². The summed E-state index contributed by atoms with van der Waals surface area (Å²) < 4.78 is 4.90. The zero-order chi connectivity index (χ0) is 22.2. The first-order valence-electron chi connectivity index (χ1n) is 11.5. The van der Waals surface area contributed by atoms with Crippen molar-refractivity contribution < 1.29 is 24.9 Å². The van der Waals surface area contributed by atoms with Crippen LogP contribution in [0.5, 0.6) is 0 Å². The van der Waals surface area contributed by atoms with Gasteiger partial charge < -0.3 is 20.1 Å². The molecule has 0 fully saturated rings. The van der Waals surface area contributed by atoms with E-state index in [4.69, 9.17) is 9.84 Å². The number of allylic oxidation sites excluding steroid dienone is 1. The molecule has 0 radical (unpaired) electrons. The number of carbonyl (C=O) groups is 1. The molecule has 3 N–H and O–H groups in total. The fraction of sp³-hybridized carbons (Fsp3) is 0.875. The van der Waals surface area contributed by atoms with Crippen molar-refractivity contribution in [3.8, 4) is 0 Å². The second-order valence-corrected chi connectivity index (χ2v) is 9.30. The van der Waals surface area contributed by atoms with Crippen LogP contribution in [-0.4, -0.2) is 46.7 Å². The zero-order valence-corrected chi connectivity index (χ0v) is 19.4. The lowest BCUT2D eigenvalue weighted by molar-refractivity contribution is -0.143. The molecule has 0 aromatic carbocycles. The van der Waals surface area contributed by atoms with Gasteiger partial charge in [0.15, 0.2) is 0 Å². The maximum absolute atomic E-state index is 11.7. The zero-order valence-electron chi connectivity index (χ0n) is 19.4. The van der Waals surface area contributed by atoms with Crippen molar-refractivity contribution in [1.82, 2.24) is 0 Å². The molecule has 0 aliphatic heterocycles. The largest absolute Gasteiger partial charge is 0.460 e. The molecule has 0 rings (SSSR count). The Morgan fingerprint density at radius 3 is 1.90 bits per heavy atom. The number of esters is 1. The molecule has 0 spiro atoms. The van der Waals surface area contributed by atoms with Crippen LogP contribution in [0.2, 0.25) is 0 Å². The molecule has 0 bridgehead atoms. The molecule has 5 heteroatoms. The summed E-state index contributed by atoms with van der Waals surface area (Å²) in [6.07, 6.45) is 9.87. The molecule has 0 saturated carbocycles. The summed E-state index contributed by atoms with van der Waals surface area (Å²) >= 11 is 0. The summed E-state index contributed by atoms with van der Waals surface area (Å²) in [5.41, 5.74) is 0.957. The number of hydrogen-bond acceptors (Lipinski definition) is 5. The standard InChI is InChI=1S/C24H46O5/c1-18(2)9-6-10-19(3)11-7-12-20(4)13-8-14-21(5)15-24(28)29-17-23(27)22(26)16-25/h15,18-20,22-23,25-27H,6-14,16-17H2,1-5H3/t19?,20?,22-,23+/m1/s1. The Balaban J connectivity index is 3.87. The Hall–Kier alpha value is -0.910. The third-order valence-corrected chi connectivity index (χ3v) is 5.53. The van der Waals surface area contributed by atoms with E-state index in [1.807, 2.05) is 6.92 Å². The van der Waals surface area contributed by atoms with E-state index >= 15 is 0 Å². The second-order valence-electron chi connectivity index (χ2n) is 9.30. The van der Waals surface area contributed by atoms with Gasteiger partial charge in [-0.15, -0.1) is 0 Å². The quantitative estimate of drug-likeness (QED) is 0.239. The highest BCUT2D eigenvalue weighted by Crippen LogP contribution is 2.22. The van der Waals surface area contributed by atoms with Crippen molar-refractivity contribution >= 4 is 5.97 Å². The first-order chi connectivity index (χ1) is 13.6. The predicted octanol–water partition coefficient (Wildman–Crippen LogP) is 4.63. The fourth-order valence-electron chi connectivity index (χ4n) is 3.42. The summed E-state index contributed by atoms with van der Waals surface area (Å²) in [6, 6.07) is 0. The Morgan fingerprint density at radius 2 is 1.38 bits per heavy atom. The SMILES string of the molecule is CC(=CC(=O)OC[C@H](O)[C@H](O)CO)CCCC(C)CCCC(C)CCCC(C)C. The summed E-state index contributed by atoms with van der Waals surface area (Å²) in [5, 5.41) is 27.4. The Morgan fingerprint density at radius 1 is 0.862 bits per heavy atom. The average molecular weight is 415 g/mol. The van der Waals surface area contributed by atoms with Crippen LogP contribution in [0, 0.1) is 17.8 Å². The number of aliphatic hydroxyl groups is 3. The Labute approximate surface area is 178 Å². The van der Waals surface area contributed by atoms with Gasteiger partial charge in [0.2, 0.25) is 0 Å². The first-order valence-corrected chi connectivity index (χ1v) is 11.5. The maximum atomic E-state index is 11.7. The highest BCUT2D eigenvalue weighted by Gasteiger charge is 2.16. The van der Waals surface area contributed by atoms with E-state index in [2.05, 4.69) is 27.7 Å². The highest BCUT2D eigenvalue weighted by molar-refractivity contribution is 5.82. The molecule has 0 amide bonds. The topological polar surface area (TPSA) is 87.0 Å². The minimum Gasteiger partial charge on any atom is -0.460 e. The molecule has 0 aromatic rings. The van der Waals surface area contributed by atoms with Gasteiger partial charge in [0, 0.05) is 6.08 Å². The lowest BCUT2D eigenvalue weighted by Gasteiger charge is -2.15. The van der Waals surface area contributed by atoms with E-state index in [0.29, 0.717) is 5.92 Å². The minimum atomic E-state index is -1.29. The third-order valence-electron chi connectivity index (χ3n) is 5.53. The summed E-state index contributed by atoms with van der Waals surface area (Å²) in [7, 11) is 0. The maximum Gasteiger partial charge on any atom is 0.330 e. The molecule has 0 heterocycles. The molecule has 0 saturated heterocycles. The monoisotopic (exact) mass is 414 g/mol. The number of carbonyl (C=O) groups excluding carboxylic acids is 1. The van der Waals surface area contributed by atoms with Gasteiger partial charge in [-0.3, -0.25) is 0 Å². The van der Waals surface area contributed by atoms with Crippen molar-refractivity contribution in [1.29, 1.82) is 0 Å². The summed E-state index contributed by atoms with van der Waals surface area (Å²) in [4.78, 5) is 11.7. The summed E-state index contributed by atoms with van der Waals surface area (Å²) in [5.74, 6) is 1.82. The van der Waals surface area contributed by atoms with Gasteiger partial charge in [0.25, 0.3) is 0 Å². The van der Waals surface area contributed by atoms with Crippen molar-refractivity contribution in [2.75, 3.05) is 13.2 Å². The van der Waals surface area contributed by atoms with Crippen LogP contribution in [0.3, 0.4) is 0 Å². The predicted molar refractivity (Wildman–Crippen MR) is 119 cm³/mol. The Kier molecular flexibility index (Phi) is 16.3. The van der Waals surface area contributed by atoms with Gasteiger partial charge in [-0.05, 0) is 37.5 Å². The van der Waals surface area contributed by atoms with E-state index in [-0.39, 0.29) is 6.61 Å². The van der Waals surface area contributed by atoms with Gasteiger partial charge in [-0.1, -0.05) is 78.2 Å². The van der Waals surface area contributed by atoms with Crippen LogP contribution < -0.4 is 0 Å². The fourth-order valence-corrected chi connectivity index (χ4v) is 3.42. The van der Waals surface area contributed by atoms with Crippen LogP contribution in [-0.2, 0) is 9.53 Å². The number of aliphatic hydroxyl groups excluding tert-OH is 3. The second kappa shape index (κ2) is 16.8. The van der Waals surface area contributed by atoms with Crippen molar-refractivity contribution in [2.24, 2.45) is 17.8 Å². The molecule has 29 heavy (non-hydrogen) atoms. The van der Waals surface area contributed by atoms with Crippen molar-refractivity contribution in [3.63, 3.8) is 0 Å². The number of rotatable bonds is 17. The van der Waals surface area contributed by atoms with Crippen molar-refractivity contribution in [2.45, 2.75) is 105 Å². The third kappa shape index (κ3) is 16.6. The normalized spacial score (nSPS) is 16.5. The van der Waals surface area contributed by atoms with E-state index in [1.165, 1.54) is 44.6 Å². The molecule has 0 aliphatic rings. The molecular weight excluding hydrogens is 368 g/mol. The minimum absolute atomic E-state index is 0.322. The van der Waals surface area contributed by atoms with Crippen molar-refractivity contribution in [3.05, 3.63) is 11.6 Å².